The van der Waals surface area contributed by atoms with Crippen molar-refractivity contribution in [2.45, 2.75) is 23.6 Å². The van der Waals surface area contributed by atoms with Crippen LogP contribution in [0.2, 0.25) is 0 Å². The summed E-state index contributed by atoms with van der Waals surface area (Å²) in [6, 6.07) is 14.5. The van der Waals surface area contributed by atoms with Gasteiger partial charge in [-0.1, -0.05) is 29.5 Å². The smallest absolute Gasteiger partial charge is 0.0314 e. The van der Waals surface area contributed by atoms with E-state index in [0.29, 0.717) is 0 Å². The summed E-state index contributed by atoms with van der Waals surface area (Å²) in [5.41, 5.74) is 9.10. The molecule has 0 atom stereocenters. The van der Waals surface area contributed by atoms with Crippen LogP contribution >= 0.6 is 24.2 Å². The van der Waals surface area contributed by atoms with Gasteiger partial charge in [-0.15, -0.1) is 12.4 Å². The van der Waals surface area contributed by atoms with E-state index in [0.717, 1.165) is 5.69 Å². The van der Waals surface area contributed by atoms with Gasteiger partial charge in [0.1, 0.15) is 0 Å². The molecule has 0 aliphatic heterocycles. The van der Waals surface area contributed by atoms with Crippen molar-refractivity contribution in [3.63, 3.8) is 0 Å². The monoisotopic (exact) mass is 265 g/mol. The van der Waals surface area contributed by atoms with Gasteiger partial charge in [0.2, 0.25) is 0 Å². The zero-order valence-corrected chi connectivity index (χ0v) is 11.6. The lowest BCUT2D eigenvalue weighted by atomic mass is 10.2. The Morgan fingerprint density at radius 1 is 0.941 bits per heavy atom. The first-order valence-electron chi connectivity index (χ1n) is 5.26. The molecule has 3 heteroatoms. The molecule has 0 saturated carbocycles. The number of rotatable bonds is 2. The lowest BCUT2D eigenvalue weighted by molar-refractivity contribution is 1.26. The molecule has 1 nitrogen and oxygen atoms in total. The Kier molecular flexibility index (Phi) is 4.91. The van der Waals surface area contributed by atoms with E-state index in [1.165, 1.54) is 20.9 Å². The molecule has 0 aromatic heterocycles. The van der Waals surface area contributed by atoms with E-state index < -0.39 is 0 Å². The van der Waals surface area contributed by atoms with E-state index in [9.17, 15) is 0 Å². The van der Waals surface area contributed by atoms with Crippen molar-refractivity contribution in [3.05, 3.63) is 53.6 Å². The largest absolute Gasteiger partial charge is 0.399 e. The van der Waals surface area contributed by atoms with Crippen LogP contribution in [0.1, 0.15) is 11.1 Å². The van der Waals surface area contributed by atoms with Gasteiger partial charge in [-0.05, 0) is 49.7 Å². The zero-order valence-electron chi connectivity index (χ0n) is 9.94. The summed E-state index contributed by atoms with van der Waals surface area (Å²) in [4.78, 5) is 2.52. The van der Waals surface area contributed by atoms with Gasteiger partial charge in [-0.3, -0.25) is 0 Å². The Balaban J connectivity index is 0.00000144. The second-order valence-electron chi connectivity index (χ2n) is 3.94. The van der Waals surface area contributed by atoms with Gasteiger partial charge in [-0.2, -0.15) is 0 Å². The minimum absolute atomic E-state index is 0. The first-order valence-corrected chi connectivity index (χ1v) is 6.07. The van der Waals surface area contributed by atoms with Crippen LogP contribution in [0.5, 0.6) is 0 Å². The van der Waals surface area contributed by atoms with Crippen LogP contribution in [-0.4, -0.2) is 0 Å². The van der Waals surface area contributed by atoms with Crippen molar-refractivity contribution < 1.29 is 0 Å². The molecule has 2 aromatic rings. The van der Waals surface area contributed by atoms with Gasteiger partial charge in [-0.25, -0.2) is 0 Å². The molecular weight excluding hydrogens is 250 g/mol. The SMILES string of the molecule is Cc1ccc(Sc2ccc(N)cc2)c(C)c1.Cl. The summed E-state index contributed by atoms with van der Waals surface area (Å²) in [5.74, 6) is 0. The molecule has 90 valence electrons. The normalized spacial score (nSPS) is 9.76. The highest BCUT2D eigenvalue weighted by Gasteiger charge is 2.01. The van der Waals surface area contributed by atoms with Crippen LogP contribution in [0, 0.1) is 13.8 Å². The maximum Gasteiger partial charge on any atom is 0.0314 e. The minimum Gasteiger partial charge on any atom is -0.399 e. The molecule has 0 bridgehead atoms. The Bertz CT molecular complexity index is 494. The first kappa shape index (κ1) is 13.9. The molecule has 0 aliphatic carbocycles. The van der Waals surface area contributed by atoms with Crippen LogP contribution in [0.15, 0.2) is 52.3 Å². The Labute approximate surface area is 113 Å². The standard InChI is InChI=1S/C14H15NS.ClH/c1-10-3-8-14(11(2)9-10)16-13-6-4-12(15)5-7-13;/h3-9H,15H2,1-2H3;1H. The van der Waals surface area contributed by atoms with Gasteiger partial charge in [0.05, 0.1) is 0 Å². The van der Waals surface area contributed by atoms with E-state index in [1.54, 1.807) is 11.8 Å². The summed E-state index contributed by atoms with van der Waals surface area (Å²) in [5, 5.41) is 0. The van der Waals surface area contributed by atoms with Crippen LogP contribution in [0.3, 0.4) is 0 Å². The van der Waals surface area contributed by atoms with E-state index in [1.807, 2.05) is 12.1 Å². The molecule has 0 amide bonds. The maximum atomic E-state index is 5.66. The summed E-state index contributed by atoms with van der Waals surface area (Å²) in [6.07, 6.45) is 0. The van der Waals surface area contributed by atoms with Crippen molar-refractivity contribution in [1.29, 1.82) is 0 Å². The number of anilines is 1. The van der Waals surface area contributed by atoms with Gasteiger partial charge in [0, 0.05) is 15.5 Å². The molecule has 0 aliphatic rings. The van der Waals surface area contributed by atoms with Crippen molar-refractivity contribution in [2.24, 2.45) is 0 Å². The van der Waals surface area contributed by atoms with E-state index in [4.69, 9.17) is 5.73 Å². The van der Waals surface area contributed by atoms with Gasteiger partial charge in [0.25, 0.3) is 0 Å². The fourth-order valence-electron chi connectivity index (χ4n) is 1.58. The number of benzene rings is 2. The number of halogens is 1. The molecule has 0 fully saturated rings. The molecule has 17 heavy (non-hydrogen) atoms. The minimum atomic E-state index is 0. The van der Waals surface area contributed by atoms with Crippen molar-refractivity contribution >= 4 is 29.9 Å². The van der Waals surface area contributed by atoms with Gasteiger partial charge < -0.3 is 5.73 Å². The highest BCUT2D eigenvalue weighted by molar-refractivity contribution is 7.99. The second kappa shape index (κ2) is 5.99. The number of nitrogens with two attached hydrogens (primary N) is 1. The fraction of sp³-hybridized carbons (Fsp3) is 0.143. The summed E-state index contributed by atoms with van der Waals surface area (Å²) in [7, 11) is 0. The van der Waals surface area contributed by atoms with Gasteiger partial charge >= 0.3 is 0 Å². The van der Waals surface area contributed by atoms with Crippen LogP contribution in [0.4, 0.5) is 5.69 Å². The highest BCUT2D eigenvalue weighted by Crippen LogP contribution is 2.30. The molecule has 0 spiro atoms. The lowest BCUT2D eigenvalue weighted by Gasteiger charge is -2.06. The molecule has 2 rings (SSSR count). The average Bonchev–Trinajstić information content (AvgIpc) is 2.25. The Morgan fingerprint density at radius 2 is 1.59 bits per heavy atom. The summed E-state index contributed by atoms with van der Waals surface area (Å²) < 4.78 is 0. The Hall–Kier alpha value is -1.12. The topological polar surface area (TPSA) is 26.0 Å². The predicted molar refractivity (Wildman–Crippen MR) is 78.1 cm³/mol. The summed E-state index contributed by atoms with van der Waals surface area (Å²) >= 11 is 1.78. The van der Waals surface area contributed by atoms with E-state index in [-0.39, 0.29) is 12.4 Å². The number of nitrogen functional groups attached to an aromatic ring is 1. The quantitative estimate of drug-likeness (QED) is 0.812. The number of hydrogen-bond acceptors (Lipinski definition) is 2. The molecule has 0 saturated heterocycles. The third-order valence-electron chi connectivity index (χ3n) is 2.44. The number of aryl methyl sites for hydroxylation is 2. The fourth-order valence-corrected chi connectivity index (χ4v) is 2.46. The zero-order chi connectivity index (χ0) is 11.5. The number of hydrogen-bond donors (Lipinski definition) is 1. The van der Waals surface area contributed by atoms with Crippen LogP contribution in [-0.2, 0) is 0 Å². The predicted octanol–water partition coefficient (Wildman–Crippen LogP) is 4.46. The van der Waals surface area contributed by atoms with E-state index in [2.05, 4.69) is 44.2 Å². The molecule has 0 radical (unpaired) electrons. The summed E-state index contributed by atoms with van der Waals surface area (Å²) in [6.45, 7) is 4.26. The first-order chi connectivity index (χ1) is 7.65. The van der Waals surface area contributed by atoms with Crippen molar-refractivity contribution in [3.8, 4) is 0 Å². The molecule has 0 unspecified atom stereocenters. The third-order valence-corrected chi connectivity index (χ3v) is 3.62. The highest BCUT2D eigenvalue weighted by atomic mass is 35.5. The average molecular weight is 266 g/mol. The van der Waals surface area contributed by atoms with Gasteiger partial charge in [0.15, 0.2) is 0 Å². The van der Waals surface area contributed by atoms with Crippen molar-refractivity contribution in [1.82, 2.24) is 0 Å². The second-order valence-corrected chi connectivity index (χ2v) is 5.06. The van der Waals surface area contributed by atoms with E-state index >= 15 is 0 Å². The van der Waals surface area contributed by atoms with Crippen LogP contribution < -0.4 is 5.73 Å². The Morgan fingerprint density at radius 3 is 2.18 bits per heavy atom. The van der Waals surface area contributed by atoms with Crippen LogP contribution in [0.25, 0.3) is 0 Å². The molecule has 0 heterocycles. The third kappa shape index (κ3) is 3.69. The molecular formula is C14H16ClNS. The maximum absolute atomic E-state index is 5.66. The lowest BCUT2D eigenvalue weighted by Crippen LogP contribution is -1.84. The molecule has 2 aromatic carbocycles. The molecule has 2 N–H and O–H groups in total. The van der Waals surface area contributed by atoms with Crippen molar-refractivity contribution in [2.75, 3.05) is 5.73 Å².